The lowest BCUT2D eigenvalue weighted by Crippen LogP contribution is -2.23. The molecule has 0 saturated carbocycles. The molecule has 0 spiro atoms. The number of hydrogen-bond donors (Lipinski definition) is 1. The number of para-hydroxylation sites is 1. The summed E-state index contributed by atoms with van der Waals surface area (Å²) in [5, 5.41) is 14.3. The minimum Gasteiger partial charge on any atom is -0.497 e. The molecule has 0 fully saturated rings. The zero-order valence-electron chi connectivity index (χ0n) is 19.1. The predicted molar refractivity (Wildman–Crippen MR) is 141 cm³/mol. The molecule has 4 aromatic rings. The zero-order valence-corrected chi connectivity index (χ0v) is 21.5. The van der Waals surface area contributed by atoms with Gasteiger partial charge >= 0.3 is 0 Å². The van der Waals surface area contributed by atoms with E-state index in [-0.39, 0.29) is 28.1 Å². The molecule has 0 aliphatic carbocycles. The van der Waals surface area contributed by atoms with Crippen LogP contribution in [0.3, 0.4) is 0 Å². The molecule has 3 aromatic carbocycles. The van der Waals surface area contributed by atoms with Gasteiger partial charge < -0.3 is 14.8 Å². The molecule has 12 heteroatoms. The third-order valence-electron chi connectivity index (χ3n) is 5.14. The van der Waals surface area contributed by atoms with Gasteiger partial charge in [0.05, 0.1) is 47.2 Å². The summed E-state index contributed by atoms with van der Waals surface area (Å²) in [7, 11) is 3.01. The Morgan fingerprint density at radius 2 is 1.92 bits per heavy atom. The van der Waals surface area contributed by atoms with E-state index in [4.69, 9.17) is 9.47 Å². The summed E-state index contributed by atoms with van der Waals surface area (Å²) in [4.78, 5) is 41.3. The van der Waals surface area contributed by atoms with Crippen molar-refractivity contribution in [1.82, 2.24) is 9.55 Å². The molecule has 10 nitrogen and oxygen atoms in total. The highest BCUT2D eigenvalue weighted by Gasteiger charge is 2.19. The van der Waals surface area contributed by atoms with Crippen molar-refractivity contribution in [2.75, 3.05) is 25.3 Å². The fourth-order valence-electron chi connectivity index (χ4n) is 3.43. The second kappa shape index (κ2) is 10.8. The Kier molecular flexibility index (Phi) is 7.55. The fourth-order valence-corrected chi connectivity index (χ4v) is 4.70. The van der Waals surface area contributed by atoms with Gasteiger partial charge in [-0.25, -0.2) is 4.98 Å². The Balaban J connectivity index is 1.70. The first kappa shape index (κ1) is 25.2. The van der Waals surface area contributed by atoms with Crippen molar-refractivity contribution in [1.29, 1.82) is 0 Å². The number of amides is 1. The highest BCUT2D eigenvalue weighted by atomic mass is 79.9. The molecule has 0 unspecified atom stereocenters. The summed E-state index contributed by atoms with van der Waals surface area (Å²) in [5.41, 5.74) is 0.853. The third kappa shape index (κ3) is 5.19. The fraction of sp³-hybridized carbons (Fsp3) is 0.125. The van der Waals surface area contributed by atoms with Crippen LogP contribution < -0.4 is 20.3 Å². The Bertz CT molecular complexity index is 1540. The number of anilines is 1. The lowest BCUT2D eigenvalue weighted by molar-refractivity contribution is -0.384. The maximum atomic E-state index is 13.5. The molecule has 36 heavy (non-hydrogen) atoms. The van der Waals surface area contributed by atoms with E-state index in [1.54, 1.807) is 42.5 Å². The van der Waals surface area contributed by atoms with E-state index >= 15 is 0 Å². The molecule has 0 atom stereocenters. The number of ether oxygens (including phenoxy) is 2. The molecule has 0 aliphatic rings. The van der Waals surface area contributed by atoms with Gasteiger partial charge in [0.25, 0.3) is 11.2 Å². The highest BCUT2D eigenvalue weighted by molar-refractivity contribution is 9.10. The van der Waals surface area contributed by atoms with Crippen LogP contribution in [0.5, 0.6) is 11.5 Å². The van der Waals surface area contributed by atoms with E-state index in [2.05, 4.69) is 26.2 Å². The lowest BCUT2D eigenvalue weighted by atomic mass is 10.2. The van der Waals surface area contributed by atoms with E-state index in [9.17, 15) is 19.7 Å². The summed E-state index contributed by atoms with van der Waals surface area (Å²) in [6.07, 6.45) is 0. The van der Waals surface area contributed by atoms with Gasteiger partial charge in [-0.2, -0.15) is 0 Å². The van der Waals surface area contributed by atoms with Crippen LogP contribution >= 0.6 is 27.7 Å². The van der Waals surface area contributed by atoms with E-state index in [0.717, 1.165) is 11.8 Å². The van der Waals surface area contributed by atoms with Crippen LogP contribution in [0.2, 0.25) is 0 Å². The van der Waals surface area contributed by atoms with Crippen LogP contribution in [0.1, 0.15) is 0 Å². The van der Waals surface area contributed by atoms with Gasteiger partial charge in [-0.15, -0.1) is 0 Å². The number of nitro benzene ring substituents is 1. The highest BCUT2D eigenvalue weighted by Crippen LogP contribution is 2.31. The smallest absolute Gasteiger partial charge is 0.270 e. The average molecular weight is 571 g/mol. The molecular weight excluding hydrogens is 552 g/mol. The third-order valence-corrected chi connectivity index (χ3v) is 6.74. The standard InChI is InChI=1S/C24H19BrN4O6S/c1-34-15-8-10-21(35-2)20(12-15)28-23(31)16-5-3-4-6-18(16)27-24(28)36-13-22(30)26-19-9-7-14(29(32)33)11-17(19)25/h3-12H,13H2,1-2H3,(H,26,30). The molecule has 1 amide bonds. The number of nitro groups is 1. The van der Waals surface area contributed by atoms with Crippen molar-refractivity contribution >= 4 is 55.9 Å². The molecule has 184 valence electrons. The topological polar surface area (TPSA) is 126 Å². The second-order valence-electron chi connectivity index (χ2n) is 7.35. The van der Waals surface area contributed by atoms with Gasteiger partial charge in [-0.05, 0) is 46.3 Å². The number of fused-ring (bicyclic) bond motifs is 1. The monoisotopic (exact) mass is 570 g/mol. The number of non-ortho nitro benzene ring substituents is 1. The molecule has 1 aromatic heterocycles. The summed E-state index contributed by atoms with van der Waals surface area (Å²) < 4.78 is 12.6. The number of nitrogens with one attached hydrogen (secondary N) is 1. The molecule has 0 bridgehead atoms. The number of aromatic nitrogens is 2. The maximum absolute atomic E-state index is 13.5. The number of carbonyl (C=O) groups excluding carboxylic acids is 1. The van der Waals surface area contributed by atoms with Crippen molar-refractivity contribution in [3.8, 4) is 17.2 Å². The normalized spacial score (nSPS) is 10.8. The number of rotatable bonds is 8. The van der Waals surface area contributed by atoms with Crippen LogP contribution in [-0.4, -0.2) is 40.4 Å². The van der Waals surface area contributed by atoms with Gasteiger partial charge in [-0.3, -0.25) is 24.3 Å². The van der Waals surface area contributed by atoms with Crippen molar-refractivity contribution < 1.29 is 19.2 Å². The van der Waals surface area contributed by atoms with Gasteiger partial charge in [0.2, 0.25) is 5.91 Å². The Morgan fingerprint density at radius 1 is 1.14 bits per heavy atom. The van der Waals surface area contributed by atoms with Crippen LogP contribution in [0.4, 0.5) is 11.4 Å². The van der Waals surface area contributed by atoms with Gasteiger partial charge in [0.1, 0.15) is 11.5 Å². The summed E-state index contributed by atoms with van der Waals surface area (Å²) >= 11 is 4.30. The van der Waals surface area contributed by atoms with Crippen LogP contribution in [-0.2, 0) is 4.79 Å². The molecular formula is C24H19BrN4O6S. The number of thioether (sulfide) groups is 1. The first-order valence-electron chi connectivity index (χ1n) is 10.4. The molecule has 0 aliphatic heterocycles. The van der Waals surface area contributed by atoms with Crippen molar-refractivity contribution in [2.45, 2.75) is 5.16 Å². The Hall–Kier alpha value is -3.90. The zero-order chi connectivity index (χ0) is 25.8. The number of nitrogens with zero attached hydrogens (tertiary/aromatic N) is 3. The predicted octanol–water partition coefficient (Wildman–Crippen LogP) is 4.80. The number of carbonyl (C=O) groups is 1. The van der Waals surface area contributed by atoms with Crippen molar-refractivity contribution in [3.05, 3.63) is 85.6 Å². The number of benzene rings is 3. The quantitative estimate of drug-likeness (QED) is 0.138. The minimum atomic E-state index is -0.524. The molecule has 0 saturated heterocycles. The number of methoxy groups -OCH3 is 2. The van der Waals surface area contributed by atoms with E-state index in [1.807, 2.05) is 0 Å². The summed E-state index contributed by atoms with van der Waals surface area (Å²) in [6, 6.07) is 16.0. The van der Waals surface area contributed by atoms with Crippen LogP contribution in [0.25, 0.3) is 16.6 Å². The average Bonchev–Trinajstić information content (AvgIpc) is 2.88. The summed E-state index contributed by atoms with van der Waals surface area (Å²) in [5.74, 6) is 0.473. The molecule has 1 N–H and O–H groups in total. The first-order chi connectivity index (χ1) is 17.3. The van der Waals surface area contributed by atoms with Gasteiger partial charge in [0.15, 0.2) is 5.16 Å². The van der Waals surface area contributed by atoms with Gasteiger partial charge in [-0.1, -0.05) is 23.9 Å². The Labute approximate surface area is 217 Å². The first-order valence-corrected chi connectivity index (χ1v) is 12.2. The largest absolute Gasteiger partial charge is 0.497 e. The Morgan fingerprint density at radius 3 is 2.61 bits per heavy atom. The van der Waals surface area contributed by atoms with Gasteiger partial charge in [0, 0.05) is 22.7 Å². The number of hydrogen-bond acceptors (Lipinski definition) is 8. The number of halogens is 1. The van der Waals surface area contributed by atoms with E-state index < -0.39 is 4.92 Å². The second-order valence-corrected chi connectivity index (χ2v) is 9.14. The van der Waals surface area contributed by atoms with Crippen molar-refractivity contribution in [2.24, 2.45) is 0 Å². The SMILES string of the molecule is COc1ccc(OC)c(-n2c(SCC(=O)Nc3ccc([N+](=O)[O-])cc3Br)nc3ccccc3c2=O)c1. The molecule has 4 rings (SSSR count). The maximum Gasteiger partial charge on any atom is 0.270 e. The molecule has 1 heterocycles. The minimum absolute atomic E-state index is 0.0828. The lowest BCUT2D eigenvalue weighted by Gasteiger charge is -2.16. The van der Waals surface area contributed by atoms with Crippen LogP contribution in [0, 0.1) is 10.1 Å². The van der Waals surface area contributed by atoms with E-state index in [0.29, 0.717) is 38.2 Å². The molecule has 0 radical (unpaired) electrons. The summed E-state index contributed by atoms with van der Waals surface area (Å²) in [6.45, 7) is 0. The van der Waals surface area contributed by atoms with Crippen molar-refractivity contribution in [3.63, 3.8) is 0 Å². The van der Waals surface area contributed by atoms with Crippen LogP contribution in [0.15, 0.2) is 75.1 Å². The van der Waals surface area contributed by atoms with E-state index in [1.165, 1.54) is 37.0 Å².